The number of hydrogen-bond donors (Lipinski definition) is 0. The van der Waals surface area contributed by atoms with Crippen LogP contribution in [-0.2, 0) is 168 Å². The Balaban J connectivity index is 0.000000184. The zero-order valence-corrected chi connectivity index (χ0v) is 90.4. The Morgan fingerprint density at radius 1 is 0.359 bits per heavy atom. The zero-order chi connectivity index (χ0) is 84.1. The smallest absolute Gasteiger partial charge is 0.116 e. The molecule has 26 heteroatoms. The summed E-state index contributed by atoms with van der Waals surface area (Å²) in [6, 6.07) is 121. The minimum absolute atomic E-state index is 0. The van der Waals surface area contributed by atoms with Gasteiger partial charge in [0.05, 0.1) is 23.1 Å². The maximum Gasteiger partial charge on any atom is 0.116 e. The number of rotatable bonds is 9. The molecule has 8 radical (unpaired) electrons. The van der Waals surface area contributed by atoms with Gasteiger partial charge in [-0.15, -0.1) is 149 Å². The van der Waals surface area contributed by atoms with Gasteiger partial charge in [0, 0.05) is 275 Å². The first-order valence-corrected chi connectivity index (χ1v) is 39.9. The topological polar surface area (TPSA) is 143 Å². The fraction of sp³-hybridized carbons (Fsp3) is 0.0571. The summed E-state index contributed by atoms with van der Waals surface area (Å²) in [5, 5.41) is 13.4. The van der Waals surface area contributed by atoms with E-state index in [0.717, 1.165) is 101 Å². The average Bonchev–Trinajstić information content (AvgIpc) is 1.72. The second-order valence-corrected chi connectivity index (χ2v) is 28.5. The molecule has 0 bridgehead atoms. The molecule has 8 aromatic heterocycles. The molecule has 3 aliphatic heterocycles. The van der Waals surface area contributed by atoms with E-state index in [9.17, 15) is 0 Å². The van der Waals surface area contributed by atoms with E-state index in [0.29, 0.717) is 0 Å². The maximum atomic E-state index is 5.99. The van der Waals surface area contributed by atoms with Crippen molar-refractivity contribution in [3.05, 3.63) is 458 Å². The number of fused-ring (bicyclic) bond motifs is 10. The molecule has 0 saturated carbocycles. The maximum absolute atomic E-state index is 5.99. The van der Waals surface area contributed by atoms with Crippen LogP contribution in [0.5, 0.6) is 0 Å². The summed E-state index contributed by atoms with van der Waals surface area (Å²) in [6.07, 6.45) is 26.6. The van der Waals surface area contributed by atoms with E-state index in [-0.39, 0.29) is 161 Å². The van der Waals surface area contributed by atoms with E-state index in [4.69, 9.17) is 4.42 Å². The monoisotopic (exact) mass is 3140 g/mol. The second kappa shape index (κ2) is 52.4. The Bertz CT molecular complexity index is 6690. The molecule has 11 heterocycles. The normalized spacial score (nSPS) is 11.5. The molecule has 12 aromatic carbocycles. The van der Waals surface area contributed by atoms with Crippen LogP contribution >= 0.6 is 0 Å². The number of nitrogens with zero attached hydrogens (tertiary/aromatic N) is 17. The molecule has 20 aromatic rings. The first-order valence-electron chi connectivity index (χ1n) is 39.9. The van der Waals surface area contributed by atoms with Crippen LogP contribution in [0.1, 0.15) is 11.1 Å². The van der Waals surface area contributed by atoms with Gasteiger partial charge in [0.2, 0.25) is 0 Å². The summed E-state index contributed by atoms with van der Waals surface area (Å²) in [4.78, 5) is 33.9. The van der Waals surface area contributed by atoms with Crippen molar-refractivity contribution in [3.63, 3.8) is 0 Å². The van der Waals surface area contributed by atoms with E-state index in [2.05, 4.69) is 226 Å². The van der Waals surface area contributed by atoms with Crippen molar-refractivity contribution in [2.75, 3.05) is 40.7 Å². The van der Waals surface area contributed by atoms with Gasteiger partial charge in [-0.1, -0.05) is 119 Å². The zero-order valence-electron chi connectivity index (χ0n) is 71.3. The van der Waals surface area contributed by atoms with Gasteiger partial charge in [-0.3, -0.25) is 24.9 Å². The van der Waals surface area contributed by atoms with Crippen LogP contribution in [0.3, 0.4) is 0 Å². The average molecular weight is 3140 g/mol. The van der Waals surface area contributed by atoms with Crippen molar-refractivity contribution in [1.82, 2.24) is 63.0 Å². The van der Waals surface area contributed by atoms with E-state index >= 15 is 0 Å². The molecule has 0 N–H and O–H groups in total. The van der Waals surface area contributed by atoms with E-state index in [1.54, 1.807) is 18.6 Å². The SMILES string of the molecule is CN1C=CN(c2[c-]ccc3c2oc2ccccc23)[CH-]1.CN1C=CN(c2[c-]cccc2)[CH-]1.CN1[CH-]N(c2[c-]cccc2)c2ccccc21.Cc1cccc(C)c1-n1ccnc1-c1[c-]cccc1.Cn1ccnc1-c1[c-]cccc1.[Ir].[Ir].[Ir].[Ir].[Ir].[Ir].[Ir].[Ir].[c-]1cccc2c1c1nccn1c1ccccc21.[c-]1ccccc1-c1nccn1-c1ccccc1.c1ccc(-c2ccn[n-]2)nc1. The number of hydrogen-bond acceptors (Lipinski definition) is 13. The Labute approximate surface area is 872 Å². The minimum atomic E-state index is 0. The van der Waals surface area contributed by atoms with Gasteiger partial charge in [-0.2, -0.15) is 98.9 Å². The van der Waals surface area contributed by atoms with Crippen LogP contribution in [0.4, 0.5) is 28.4 Å². The number of para-hydroxylation sites is 8. The molecule has 0 amide bonds. The van der Waals surface area contributed by atoms with Gasteiger partial charge in [-0.05, 0) is 125 Å². The molecule has 678 valence electrons. The van der Waals surface area contributed by atoms with Gasteiger partial charge < -0.3 is 62.1 Å². The van der Waals surface area contributed by atoms with Crippen LogP contribution in [0, 0.1) is 76.3 Å². The molecule has 0 unspecified atom stereocenters. The second-order valence-electron chi connectivity index (χ2n) is 28.5. The molecular weight excluding hydrogens is 3050 g/mol. The minimum Gasteiger partial charge on any atom is -0.574 e. The van der Waals surface area contributed by atoms with Gasteiger partial charge in [0.15, 0.2) is 0 Å². The number of benzene rings is 12. The Kier molecular flexibility index (Phi) is 42.2. The number of furan rings is 1. The molecule has 0 aliphatic carbocycles. The van der Waals surface area contributed by atoms with Gasteiger partial charge in [0.25, 0.3) is 0 Å². The number of imidazole rings is 4. The van der Waals surface area contributed by atoms with Crippen molar-refractivity contribution in [2.45, 2.75) is 13.8 Å². The van der Waals surface area contributed by atoms with Crippen LogP contribution in [-0.4, -0.2) is 79.1 Å². The van der Waals surface area contributed by atoms with E-state index in [1.807, 2.05) is 327 Å². The molecule has 3 aliphatic rings. The summed E-state index contributed by atoms with van der Waals surface area (Å²) in [6.45, 7) is 10.3. The third kappa shape index (κ3) is 26.1. The molecule has 23 rings (SSSR count). The van der Waals surface area contributed by atoms with Crippen LogP contribution in [0.25, 0.3) is 106 Å². The third-order valence-corrected chi connectivity index (χ3v) is 20.1. The van der Waals surface area contributed by atoms with Gasteiger partial charge in [0.1, 0.15) is 5.58 Å². The van der Waals surface area contributed by atoms with Crippen molar-refractivity contribution in [2.24, 2.45) is 7.05 Å². The quantitative estimate of drug-likeness (QED) is 0.0999. The number of pyridine rings is 2. The molecule has 0 spiro atoms. The van der Waals surface area contributed by atoms with Crippen LogP contribution < -0.4 is 24.7 Å². The predicted octanol–water partition coefficient (Wildman–Crippen LogP) is 22.5. The van der Waals surface area contributed by atoms with Crippen molar-refractivity contribution < 1.29 is 165 Å². The van der Waals surface area contributed by atoms with E-state index in [1.165, 1.54) is 44.5 Å². The molecule has 18 nitrogen and oxygen atoms in total. The Hall–Kier alpha value is -10.9. The summed E-state index contributed by atoms with van der Waals surface area (Å²) in [5.41, 5.74) is 19.0. The van der Waals surface area contributed by atoms with Gasteiger partial charge in [-0.25, -0.2) is 0 Å². The standard InChI is InChI=1S/C17H15N2.C16H12N2O.C15H9N2.C15H11N2.C14H12N2.C10H10N2.C10H9N2.C8H6N3.8Ir/c1-13-7-6-8-14(2)16(13)19-12-11-18-17(19)15-9-4-3-5-10-15;1-17-9-10-18(11-17)14-7-4-6-13-12-5-2-3-8-15(12)19-16(13)14;1-2-7-13-11(5-1)12-6-3-4-8-14(12)17-10-9-16-15(13)17;1-3-7-13(8-4-1)15-16-11-12-17(15)14-9-5-2-6-10-14;1-15-11-16(12-7-3-2-4-8-12)14-10-6-5-9-13(14)15;1-11-7-8-12(9-11)10-5-3-2-4-6-10;1-12-8-7-11-10(12)9-5-3-2-4-6-9;1-2-5-9-7(3-1)8-4-6-10-11-8;;;;;;;;/h3-9,11-12H,1-2H3;2-6,8-11H,1H3;1-6,8-10H;1-7,9-12H;2-7,9-11H,1H3;2-5,7-9H,1H3;2-5,7-8H,1H3;1-6H;;;;;;;;/q-1;-2;2*-1;2*-2;2*-1;;;;;;;;. The van der Waals surface area contributed by atoms with Crippen LogP contribution in [0.2, 0.25) is 0 Å². The Morgan fingerprint density at radius 2 is 0.893 bits per heavy atom. The first kappa shape index (κ1) is 105. The molecule has 0 atom stereocenters. The summed E-state index contributed by atoms with van der Waals surface area (Å²) in [5.74, 6) is 2.80. The number of aryl methyl sites for hydroxylation is 3. The third-order valence-electron chi connectivity index (χ3n) is 20.1. The fourth-order valence-corrected chi connectivity index (χ4v) is 14.3. The first-order chi connectivity index (χ1) is 60.6. The van der Waals surface area contributed by atoms with Crippen molar-refractivity contribution >= 4 is 77.7 Å². The van der Waals surface area contributed by atoms with E-state index < -0.39 is 0 Å². The molecular formula is C105H84Ir8N17O-11. The summed E-state index contributed by atoms with van der Waals surface area (Å²) < 4.78 is 14.3. The largest absolute Gasteiger partial charge is 0.574 e. The summed E-state index contributed by atoms with van der Waals surface area (Å²) >= 11 is 0. The molecule has 131 heavy (non-hydrogen) atoms. The molecule has 0 saturated heterocycles. The predicted molar refractivity (Wildman–Crippen MR) is 494 cm³/mol. The summed E-state index contributed by atoms with van der Waals surface area (Å²) in [7, 11) is 8.03. The van der Waals surface area contributed by atoms with Gasteiger partial charge >= 0.3 is 0 Å². The fourth-order valence-electron chi connectivity index (χ4n) is 14.3. The van der Waals surface area contributed by atoms with Crippen molar-refractivity contribution in [3.8, 4) is 56.9 Å². The van der Waals surface area contributed by atoms with Crippen LogP contribution in [0.15, 0.2) is 388 Å². The van der Waals surface area contributed by atoms with Crippen molar-refractivity contribution in [1.29, 1.82) is 0 Å². The number of aromatic nitrogens is 11. The molecule has 0 fully saturated rings. The Morgan fingerprint density at radius 3 is 1.49 bits per heavy atom. The number of anilines is 5.